The second kappa shape index (κ2) is 14.5. The zero-order valence-corrected chi connectivity index (χ0v) is 13.5. The lowest BCUT2D eigenvalue weighted by Crippen LogP contribution is -1.94. The molecule has 0 aliphatic rings. The van der Waals surface area contributed by atoms with Gasteiger partial charge in [-0.1, -0.05) is 72.1 Å². The van der Waals surface area contributed by atoms with E-state index in [4.69, 9.17) is 0 Å². The average molecular weight is 258 g/mol. The maximum Gasteiger partial charge on any atom is -0.0326 e. The summed E-state index contributed by atoms with van der Waals surface area (Å²) in [4.78, 5) is 0. The molecule has 0 radical (unpaired) electrons. The molecule has 0 bridgehead atoms. The van der Waals surface area contributed by atoms with Gasteiger partial charge in [-0.3, -0.25) is 0 Å². The van der Waals surface area contributed by atoms with E-state index < -0.39 is 0 Å². The lowest BCUT2D eigenvalue weighted by Gasteiger charge is -2.15. The fourth-order valence-electron chi connectivity index (χ4n) is 2.31. The molecule has 17 heavy (non-hydrogen) atoms. The summed E-state index contributed by atoms with van der Waals surface area (Å²) in [5.41, 5.74) is 0. The molecular formula is C16H35P. The second-order valence-electron chi connectivity index (χ2n) is 5.26. The van der Waals surface area contributed by atoms with Crippen molar-refractivity contribution in [2.24, 2.45) is 0 Å². The molecule has 0 saturated heterocycles. The fraction of sp³-hybridized carbons (Fsp3) is 1.00. The van der Waals surface area contributed by atoms with Crippen LogP contribution in [0.3, 0.4) is 0 Å². The van der Waals surface area contributed by atoms with Crippen LogP contribution >= 0.6 is 7.92 Å². The molecular weight excluding hydrogens is 223 g/mol. The normalized spacial score (nSPS) is 12.9. The third-order valence-corrected chi connectivity index (χ3v) is 6.39. The van der Waals surface area contributed by atoms with Crippen molar-refractivity contribution in [2.45, 2.75) is 85.0 Å². The van der Waals surface area contributed by atoms with E-state index in [2.05, 4.69) is 20.8 Å². The van der Waals surface area contributed by atoms with Gasteiger partial charge in [0.25, 0.3) is 0 Å². The van der Waals surface area contributed by atoms with Crippen LogP contribution in [0.4, 0.5) is 0 Å². The molecule has 0 aliphatic heterocycles. The van der Waals surface area contributed by atoms with Gasteiger partial charge in [0.2, 0.25) is 0 Å². The van der Waals surface area contributed by atoms with Crippen molar-refractivity contribution in [2.75, 3.05) is 18.5 Å². The van der Waals surface area contributed by atoms with Gasteiger partial charge in [-0.25, -0.2) is 0 Å². The Balaban J connectivity index is 3.28. The quantitative estimate of drug-likeness (QED) is 0.264. The SMILES string of the molecule is CCCCCCCCP(CC)CCCCCC. The van der Waals surface area contributed by atoms with Crippen molar-refractivity contribution in [1.29, 1.82) is 0 Å². The monoisotopic (exact) mass is 258 g/mol. The molecule has 0 aromatic heterocycles. The van der Waals surface area contributed by atoms with Gasteiger partial charge in [0.05, 0.1) is 0 Å². The molecule has 0 nitrogen and oxygen atoms in total. The van der Waals surface area contributed by atoms with Gasteiger partial charge >= 0.3 is 0 Å². The third kappa shape index (κ3) is 12.7. The minimum absolute atomic E-state index is 0.400. The van der Waals surface area contributed by atoms with Crippen LogP contribution in [0.15, 0.2) is 0 Å². The third-order valence-electron chi connectivity index (χ3n) is 3.60. The molecule has 0 N–H and O–H groups in total. The number of hydrogen-bond acceptors (Lipinski definition) is 0. The van der Waals surface area contributed by atoms with Gasteiger partial charge in [-0.15, -0.1) is 7.92 Å². The van der Waals surface area contributed by atoms with E-state index in [-0.39, 0.29) is 0 Å². The molecule has 0 saturated carbocycles. The summed E-state index contributed by atoms with van der Waals surface area (Å²) in [6, 6.07) is 0. The Labute approximate surface area is 112 Å². The van der Waals surface area contributed by atoms with E-state index in [9.17, 15) is 0 Å². The van der Waals surface area contributed by atoms with Crippen molar-refractivity contribution >= 4 is 7.92 Å². The zero-order chi connectivity index (χ0) is 12.8. The molecule has 0 aromatic carbocycles. The predicted octanol–water partition coefficient (Wildman–Crippen LogP) is 6.43. The smallest absolute Gasteiger partial charge is 0.0326 e. The summed E-state index contributed by atoms with van der Waals surface area (Å²) in [5, 5.41) is 0. The fourth-order valence-corrected chi connectivity index (χ4v) is 4.50. The molecule has 1 heteroatoms. The van der Waals surface area contributed by atoms with E-state index in [1.165, 1.54) is 70.4 Å². The van der Waals surface area contributed by atoms with E-state index >= 15 is 0 Å². The summed E-state index contributed by atoms with van der Waals surface area (Å²) in [6.45, 7) is 7.01. The highest BCUT2D eigenvalue weighted by atomic mass is 31.1. The van der Waals surface area contributed by atoms with E-state index in [1.54, 1.807) is 12.3 Å². The Morgan fingerprint density at radius 2 is 0.941 bits per heavy atom. The van der Waals surface area contributed by atoms with Gasteiger partial charge in [0.1, 0.15) is 0 Å². The summed E-state index contributed by atoms with van der Waals surface area (Å²) < 4.78 is 0. The Hall–Kier alpha value is 0.430. The first-order valence-electron chi connectivity index (χ1n) is 8.07. The summed E-state index contributed by atoms with van der Waals surface area (Å²) in [5.74, 6) is 0. The molecule has 0 aliphatic carbocycles. The largest absolute Gasteiger partial charge is 0.107 e. The molecule has 104 valence electrons. The number of unbranched alkanes of at least 4 members (excludes halogenated alkanes) is 8. The molecule has 0 aromatic rings. The van der Waals surface area contributed by atoms with Crippen molar-refractivity contribution in [3.05, 3.63) is 0 Å². The molecule has 0 fully saturated rings. The highest BCUT2D eigenvalue weighted by molar-refractivity contribution is 7.57. The molecule has 1 unspecified atom stereocenters. The van der Waals surface area contributed by atoms with Gasteiger partial charge in [-0.05, 0) is 31.3 Å². The standard InChI is InChI=1S/C16H35P/c1-4-7-9-11-12-14-16-17(6-3)15-13-10-8-5-2/h4-16H2,1-3H3. The molecule has 0 rings (SSSR count). The van der Waals surface area contributed by atoms with Crippen LogP contribution in [0.1, 0.15) is 85.0 Å². The van der Waals surface area contributed by atoms with E-state index in [0.717, 1.165) is 0 Å². The van der Waals surface area contributed by atoms with Crippen LogP contribution in [0.25, 0.3) is 0 Å². The van der Waals surface area contributed by atoms with Crippen molar-refractivity contribution in [1.82, 2.24) is 0 Å². The lowest BCUT2D eigenvalue weighted by molar-refractivity contribution is 0.625. The van der Waals surface area contributed by atoms with Crippen LogP contribution < -0.4 is 0 Å². The van der Waals surface area contributed by atoms with Crippen LogP contribution in [-0.4, -0.2) is 18.5 Å². The molecule has 0 amide bonds. The first-order chi connectivity index (χ1) is 8.35. The van der Waals surface area contributed by atoms with Crippen LogP contribution in [0.5, 0.6) is 0 Å². The lowest BCUT2D eigenvalue weighted by atomic mass is 10.1. The first-order valence-corrected chi connectivity index (χ1v) is 9.97. The average Bonchev–Trinajstić information content (AvgIpc) is 2.36. The summed E-state index contributed by atoms with van der Waals surface area (Å²) in [6.07, 6.45) is 19.2. The van der Waals surface area contributed by atoms with Crippen molar-refractivity contribution < 1.29 is 0 Å². The van der Waals surface area contributed by atoms with Crippen LogP contribution in [-0.2, 0) is 0 Å². The van der Waals surface area contributed by atoms with Crippen molar-refractivity contribution in [3.63, 3.8) is 0 Å². The maximum atomic E-state index is 2.41. The first kappa shape index (κ1) is 17.4. The Kier molecular flexibility index (Phi) is 14.9. The summed E-state index contributed by atoms with van der Waals surface area (Å²) >= 11 is 0. The van der Waals surface area contributed by atoms with E-state index in [1.807, 2.05) is 0 Å². The minimum Gasteiger partial charge on any atom is -0.107 e. The van der Waals surface area contributed by atoms with Gasteiger partial charge < -0.3 is 0 Å². The van der Waals surface area contributed by atoms with Gasteiger partial charge in [0, 0.05) is 0 Å². The number of rotatable bonds is 13. The topological polar surface area (TPSA) is 0 Å². The van der Waals surface area contributed by atoms with Gasteiger partial charge in [0.15, 0.2) is 0 Å². The molecule has 0 spiro atoms. The maximum absolute atomic E-state index is 2.41. The van der Waals surface area contributed by atoms with Crippen LogP contribution in [0.2, 0.25) is 0 Å². The van der Waals surface area contributed by atoms with Gasteiger partial charge in [-0.2, -0.15) is 0 Å². The van der Waals surface area contributed by atoms with E-state index in [0.29, 0.717) is 7.92 Å². The Bertz CT molecular complexity index is 133. The van der Waals surface area contributed by atoms with Crippen LogP contribution in [0, 0.1) is 0 Å². The zero-order valence-electron chi connectivity index (χ0n) is 12.6. The highest BCUT2D eigenvalue weighted by Crippen LogP contribution is 2.37. The highest BCUT2D eigenvalue weighted by Gasteiger charge is 2.04. The molecule has 1 atom stereocenters. The second-order valence-corrected chi connectivity index (χ2v) is 8.13. The molecule has 0 heterocycles. The minimum atomic E-state index is 0.400. The Morgan fingerprint density at radius 3 is 1.41 bits per heavy atom. The summed E-state index contributed by atoms with van der Waals surface area (Å²) in [7, 11) is 0.400. The number of hydrogen-bond donors (Lipinski definition) is 0. The Morgan fingerprint density at radius 1 is 0.529 bits per heavy atom. The predicted molar refractivity (Wildman–Crippen MR) is 84.7 cm³/mol. The van der Waals surface area contributed by atoms with Crippen molar-refractivity contribution in [3.8, 4) is 0 Å².